The molecule has 0 aromatic heterocycles. The van der Waals surface area contributed by atoms with Crippen molar-refractivity contribution in [1.82, 2.24) is 0 Å². The fourth-order valence-electron chi connectivity index (χ4n) is 1.87. The largest absolute Gasteiger partial charge is 0.456 e. The number of rotatable bonds is 2. The molecule has 0 spiro atoms. The third-order valence-electron chi connectivity index (χ3n) is 3.07. The zero-order chi connectivity index (χ0) is 14.8. The standard InChI is InChI=1S/C17H18N2O/c1-17(2,3)13-4-7-15(8-5-13)20-16-9-6-14(19)10-12(16)11-18/h4-10H,19H2,1-3H3. The second kappa shape index (κ2) is 5.26. The number of nitriles is 1. The molecule has 2 rings (SSSR count). The number of nitrogen functional groups attached to an aromatic ring is 1. The van der Waals surface area contributed by atoms with Crippen LogP contribution in [0.3, 0.4) is 0 Å². The zero-order valence-electron chi connectivity index (χ0n) is 12.0. The van der Waals surface area contributed by atoms with Gasteiger partial charge in [-0.05, 0) is 41.3 Å². The van der Waals surface area contributed by atoms with Gasteiger partial charge in [0.05, 0.1) is 5.56 Å². The lowest BCUT2D eigenvalue weighted by Gasteiger charge is -2.19. The first-order valence-electron chi connectivity index (χ1n) is 6.48. The maximum absolute atomic E-state index is 9.09. The molecule has 0 aliphatic carbocycles. The zero-order valence-corrected chi connectivity index (χ0v) is 12.0. The van der Waals surface area contributed by atoms with E-state index in [1.165, 1.54) is 5.56 Å². The number of anilines is 1. The lowest BCUT2D eigenvalue weighted by Crippen LogP contribution is -2.10. The number of nitrogens with two attached hydrogens (primary N) is 1. The Morgan fingerprint density at radius 2 is 1.70 bits per heavy atom. The number of nitrogens with zero attached hydrogens (tertiary/aromatic N) is 1. The highest BCUT2D eigenvalue weighted by molar-refractivity contribution is 5.54. The molecule has 3 heteroatoms. The second-order valence-corrected chi connectivity index (χ2v) is 5.74. The molecule has 0 saturated heterocycles. The summed E-state index contributed by atoms with van der Waals surface area (Å²) in [6.07, 6.45) is 0. The molecule has 0 radical (unpaired) electrons. The number of hydrogen-bond acceptors (Lipinski definition) is 3. The monoisotopic (exact) mass is 266 g/mol. The minimum absolute atomic E-state index is 0.109. The summed E-state index contributed by atoms with van der Waals surface area (Å²) in [6, 6.07) is 15.0. The van der Waals surface area contributed by atoms with E-state index in [2.05, 4.69) is 26.8 Å². The molecule has 3 nitrogen and oxygen atoms in total. The smallest absolute Gasteiger partial charge is 0.145 e. The molecule has 2 aromatic carbocycles. The molecule has 102 valence electrons. The highest BCUT2D eigenvalue weighted by Gasteiger charge is 2.13. The van der Waals surface area contributed by atoms with Gasteiger partial charge in [0.2, 0.25) is 0 Å². The second-order valence-electron chi connectivity index (χ2n) is 5.74. The fraction of sp³-hybridized carbons (Fsp3) is 0.235. The Kier molecular flexibility index (Phi) is 3.67. The fourth-order valence-corrected chi connectivity index (χ4v) is 1.87. The van der Waals surface area contributed by atoms with Gasteiger partial charge in [-0.15, -0.1) is 0 Å². The van der Waals surface area contributed by atoms with Gasteiger partial charge in [-0.1, -0.05) is 32.9 Å². The molecule has 0 aliphatic heterocycles. The molecule has 0 bridgehead atoms. The van der Waals surface area contributed by atoms with Crippen LogP contribution in [0, 0.1) is 11.3 Å². The van der Waals surface area contributed by atoms with Crippen molar-refractivity contribution < 1.29 is 4.74 Å². The van der Waals surface area contributed by atoms with Crippen LogP contribution in [0.5, 0.6) is 11.5 Å². The van der Waals surface area contributed by atoms with Gasteiger partial charge in [-0.3, -0.25) is 0 Å². The molecule has 0 atom stereocenters. The lowest BCUT2D eigenvalue weighted by molar-refractivity contribution is 0.480. The van der Waals surface area contributed by atoms with Gasteiger partial charge in [0.15, 0.2) is 0 Å². The minimum atomic E-state index is 0.109. The van der Waals surface area contributed by atoms with Crippen molar-refractivity contribution in [2.75, 3.05) is 5.73 Å². The van der Waals surface area contributed by atoms with Crippen LogP contribution in [0.1, 0.15) is 31.9 Å². The van der Waals surface area contributed by atoms with E-state index >= 15 is 0 Å². The summed E-state index contributed by atoms with van der Waals surface area (Å²) < 4.78 is 5.74. The summed E-state index contributed by atoms with van der Waals surface area (Å²) >= 11 is 0. The summed E-state index contributed by atoms with van der Waals surface area (Å²) in [4.78, 5) is 0. The molecular formula is C17H18N2O. The van der Waals surface area contributed by atoms with E-state index in [0.29, 0.717) is 22.7 Å². The maximum atomic E-state index is 9.09. The summed E-state index contributed by atoms with van der Waals surface area (Å²) in [5.74, 6) is 1.23. The summed E-state index contributed by atoms with van der Waals surface area (Å²) in [6.45, 7) is 6.49. The van der Waals surface area contributed by atoms with Crippen molar-refractivity contribution in [3.05, 3.63) is 53.6 Å². The average molecular weight is 266 g/mol. The highest BCUT2D eigenvalue weighted by Crippen LogP contribution is 2.29. The number of benzene rings is 2. The third kappa shape index (κ3) is 3.10. The number of ether oxygens (including phenoxy) is 1. The van der Waals surface area contributed by atoms with Crippen molar-refractivity contribution in [2.45, 2.75) is 26.2 Å². The van der Waals surface area contributed by atoms with Crippen LogP contribution in [-0.2, 0) is 5.41 Å². The quantitative estimate of drug-likeness (QED) is 0.827. The molecule has 0 heterocycles. The highest BCUT2D eigenvalue weighted by atomic mass is 16.5. The first-order valence-corrected chi connectivity index (χ1v) is 6.48. The van der Waals surface area contributed by atoms with Gasteiger partial charge in [0, 0.05) is 5.69 Å². The van der Waals surface area contributed by atoms with Crippen LogP contribution in [0.15, 0.2) is 42.5 Å². The molecule has 2 N–H and O–H groups in total. The van der Waals surface area contributed by atoms with Crippen molar-refractivity contribution >= 4 is 5.69 Å². The Morgan fingerprint density at radius 1 is 1.05 bits per heavy atom. The SMILES string of the molecule is CC(C)(C)c1ccc(Oc2ccc(N)cc2C#N)cc1. The van der Waals surface area contributed by atoms with E-state index in [9.17, 15) is 0 Å². The molecule has 2 aromatic rings. The van der Waals surface area contributed by atoms with Crippen molar-refractivity contribution in [2.24, 2.45) is 0 Å². The van der Waals surface area contributed by atoms with Crippen LogP contribution in [-0.4, -0.2) is 0 Å². The van der Waals surface area contributed by atoms with Gasteiger partial charge in [0.1, 0.15) is 17.6 Å². The third-order valence-corrected chi connectivity index (χ3v) is 3.07. The minimum Gasteiger partial charge on any atom is -0.456 e. The molecule has 0 unspecified atom stereocenters. The summed E-state index contributed by atoms with van der Waals surface area (Å²) in [5, 5.41) is 9.09. The van der Waals surface area contributed by atoms with Gasteiger partial charge in [0.25, 0.3) is 0 Å². The lowest BCUT2D eigenvalue weighted by atomic mass is 9.87. The van der Waals surface area contributed by atoms with E-state index in [1.807, 2.05) is 24.3 Å². The average Bonchev–Trinajstić information content (AvgIpc) is 2.40. The predicted octanol–water partition coefficient (Wildman–Crippen LogP) is 4.23. The normalized spacial score (nSPS) is 10.9. The summed E-state index contributed by atoms with van der Waals surface area (Å²) in [7, 11) is 0. The van der Waals surface area contributed by atoms with E-state index in [4.69, 9.17) is 15.7 Å². The van der Waals surface area contributed by atoms with Gasteiger partial charge < -0.3 is 10.5 Å². The topological polar surface area (TPSA) is 59.0 Å². The van der Waals surface area contributed by atoms with Gasteiger partial charge in [-0.25, -0.2) is 0 Å². The van der Waals surface area contributed by atoms with Crippen molar-refractivity contribution in [3.8, 4) is 17.6 Å². The molecule has 0 aliphatic rings. The Balaban J connectivity index is 2.25. The Bertz CT molecular complexity index is 646. The number of hydrogen-bond donors (Lipinski definition) is 1. The van der Waals surface area contributed by atoms with Crippen LogP contribution < -0.4 is 10.5 Å². The Morgan fingerprint density at radius 3 is 2.25 bits per heavy atom. The van der Waals surface area contributed by atoms with Gasteiger partial charge in [-0.2, -0.15) is 5.26 Å². The first kappa shape index (κ1) is 14.0. The Hall–Kier alpha value is -2.47. The van der Waals surface area contributed by atoms with Crippen LogP contribution >= 0.6 is 0 Å². The van der Waals surface area contributed by atoms with E-state index in [-0.39, 0.29) is 5.41 Å². The predicted molar refractivity (Wildman–Crippen MR) is 80.8 cm³/mol. The molecule has 0 fully saturated rings. The Labute approximate surface area is 119 Å². The van der Waals surface area contributed by atoms with Crippen molar-refractivity contribution in [1.29, 1.82) is 5.26 Å². The van der Waals surface area contributed by atoms with Crippen LogP contribution in [0.25, 0.3) is 0 Å². The van der Waals surface area contributed by atoms with Crippen LogP contribution in [0.4, 0.5) is 5.69 Å². The molecular weight excluding hydrogens is 248 g/mol. The molecule has 0 saturated carbocycles. The molecule has 0 amide bonds. The maximum Gasteiger partial charge on any atom is 0.145 e. The summed E-state index contributed by atoms with van der Waals surface area (Å²) in [5.41, 5.74) is 7.99. The van der Waals surface area contributed by atoms with E-state index < -0.39 is 0 Å². The van der Waals surface area contributed by atoms with E-state index in [1.54, 1.807) is 18.2 Å². The van der Waals surface area contributed by atoms with Gasteiger partial charge >= 0.3 is 0 Å². The van der Waals surface area contributed by atoms with Crippen molar-refractivity contribution in [3.63, 3.8) is 0 Å². The van der Waals surface area contributed by atoms with Crippen LogP contribution in [0.2, 0.25) is 0 Å². The van der Waals surface area contributed by atoms with E-state index in [0.717, 1.165) is 0 Å². The molecule has 20 heavy (non-hydrogen) atoms. The first-order chi connectivity index (χ1) is 9.40.